The molecule has 0 radical (unpaired) electrons. The lowest BCUT2D eigenvalue weighted by molar-refractivity contribution is -0.131. The first-order chi connectivity index (χ1) is 11.4. The Hall–Kier alpha value is -1.75. The Morgan fingerprint density at radius 2 is 1.67 bits per heavy atom. The lowest BCUT2D eigenvalue weighted by Gasteiger charge is -2.34. The number of nitrogens with two attached hydrogens (primary N) is 1. The van der Waals surface area contributed by atoms with Crippen molar-refractivity contribution >= 4 is 17.3 Å². The molecule has 0 unspecified atom stereocenters. The number of benzene rings is 1. The number of hydrogen-bond donors (Lipinski definition) is 3. The molecule has 1 heterocycles. The van der Waals surface area contributed by atoms with E-state index in [2.05, 4.69) is 31.4 Å². The molecule has 0 spiro atoms. The Balaban J connectivity index is 2.11. The molecule has 0 aromatic heterocycles. The maximum absolute atomic E-state index is 12.7. The number of anilines is 2. The van der Waals surface area contributed by atoms with Crippen molar-refractivity contribution in [2.75, 3.05) is 37.2 Å². The number of piperidine rings is 1. The van der Waals surface area contributed by atoms with Gasteiger partial charge in [-0.05, 0) is 82.8 Å². The molecule has 0 saturated carbocycles. The fourth-order valence-electron chi connectivity index (χ4n) is 3.63. The average molecular weight is 332 g/mol. The van der Waals surface area contributed by atoms with Gasteiger partial charge in [0.15, 0.2) is 0 Å². The fourth-order valence-corrected chi connectivity index (χ4v) is 3.63. The quantitative estimate of drug-likeness (QED) is 0.725. The largest absolute Gasteiger partial charge is 0.398 e. The average Bonchev–Trinajstić information content (AvgIpc) is 2.60. The molecule has 0 atom stereocenters. The van der Waals surface area contributed by atoms with E-state index in [0.29, 0.717) is 12.6 Å². The second kappa shape index (κ2) is 7.88. The van der Waals surface area contributed by atoms with Crippen molar-refractivity contribution in [1.29, 1.82) is 0 Å². The summed E-state index contributed by atoms with van der Waals surface area (Å²) in [6.07, 6.45) is 2.08. The molecule has 134 valence electrons. The standard InChI is InChI=1S/C19H32N4O/c1-6-23(16-7-9-21-10-8-16)17(24)11-22-19-14(4)12(2)18(20)13(3)15(19)5/h16,21-22H,6-11,20H2,1-5H3. The molecule has 1 aliphatic rings. The predicted octanol–water partition coefficient (Wildman–Crippen LogP) is 2.51. The van der Waals surface area contributed by atoms with Gasteiger partial charge in [-0.2, -0.15) is 0 Å². The Kier molecular flexibility index (Phi) is 6.10. The highest BCUT2D eigenvalue weighted by Gasteiger charge is 2.24. The number of carbonyl (C=O) groups excluding carboxylic acids is 1. The van der Waals surface area contributed by atoms with Gasteiger partial charge in [0.25, 0.3) is 0 Å². The van der Waals surface area contributed by atoms with E-state index in [1.165, 1.54) is 0 Å². The highest BCUT2D eigenvalue weighted by molar-refractivity contribution is 5.83. The van der Waals surface area contributed by atoms with Crippen LogP contribution in [0.15, 0.2) is 0 Å². The van der Waals surface area contributed by atoms with Crippen LogP contribution in [-0.2, 0) is 4.79 Å². The van der Waals surface area contributed by atoms with E-state index >= 15 is 0 Å². The van der Waals surface area contributed by atoms with Crippen molar-refractivity contribution < 1.29 is 4.79 Å². The maximum atomic E-state index is 12.7. The molecule has 1 fully saturated rings. The molecule has 1 aromatic carbocycles. The van der Waals surface area contributed by atoms with Crippen LogP contribution in [0.2, 0.25) is 0 Å². The second-order valence-corrected chi connectivity index (χ2v) is 6.80. The van der Waals surface area contributed by atoms with Gasteiger partial charge in [-0.25, -0.2) is 0 Å². The van der Waals surface area contributed by atoms with Gasteiger partial charge in [-0.3, -0.25) is 4.79 Å². The molecule has 0 bridgehead atoms. The van der Waals surface area contributed by atoms with Crippen LogP contribution in [0, 0.1) is 27.7 Å². The minimum Gasteiger partial charge on any atom is -0.398 e. The van der Waals surface area contributed by atoms with Gasteiger partial charge in [0, 0.05) is 24.0 Å². The summed E-state index contributed by atoms with van der Waals surface area (Å²) in [5.74, 6) is 0.176. The first-order valence-electron chi connectivity index (χ1n) is 8.98. The molecular formula is C19H32N4O. The molecule has 2 rings (SSSR count). The summed E-state index contributed by atoms with van der Waals surface area (Å²) < 4.78 is 0. The Bertz CT molecular complexity index is 577. The van der Waals surface area contributed by atoms with Crippen molar-refractivity contribution in [3.8, 4) is 0 Å². The molecule has 1 aromatic rings. The zero-order valence-corrected chi connectivity index (χ0v) is 15.8. The van der Waals surface area contributed by atoms with E-state index < -0.39 is 0 Å². The number of nitrogens with zero attached hydrogens (tertiary/aromatic N) is 1. The van der Waals surface area contributed by atoms with Crippen LogP contribution in [0.3, 0.4) is 0 Å². The highest BCUT2D eigenvalue weighted by Crippen LogP contribution is 2.32. The number of nitrogen functional groups attached to an aromatic ring is 1. The summed E-state index contributed by atoms with van der Waals surface area (Å²) in [5, 5.41) is 6.74. The van der Waals surface area contributed by atoms with Crippen LogP contribution in [0.5, 0.6) is 0 Å². The van der Waals surface area contributed by atoms with Gasteiger partial charge in [0.05, 0.1) is 6.54 Å². The molecule has 5 nitrogen and oxygen atoms in total. The molecule has 0 aliphatic carbocycles. The first kappa shape index (κ1) is 18.6. The van der Waals surface area contributed by atoms with Crippen LogP contribution >= 0.6 is 0 Å². The van der Waals surface area contributed by atoms with Gasteiger partial charge in [-0.15, -0.1) is 0 Å². The smallest absolute Gasteiger partial charge is 0.242 e. The number of rotatable bonds is 5. The van der Waals surface area contributed by atoms with E-state index in [4.69, 9.17) is 5.73 Å². The van der Waals surface area contributed by atoms with Gasteiger partial charge >= 0.3 is 0 Å². The SMILES string of the molecule is CCN(C(=O)CNc1c(C)c(C)c(N)c(C)c1C)C1CCNCC1. The maximum Gasteiger partial charge on any atom is 0.242 e. The molecule has 1 saturated heterocycles. The van der Waals surface area contributed by atoms with Crippen molar-refractivity contribution in [2.45, 2.75) is 53.5 Å². The monoisotopic (exact) mass is 332 g/mol. The molecule has 5 heteroatoms. The van der Waals surface area contributed by atoms with Gasteiger partial charge in [0.2, 0.25) is 5.91 Å². The minimum absolute atomic E-state index is 0.176. The van der Waals surface area contributed by atoms with E-state index in [1.807, 2.05) is 18.7 Å². The van der Waals surface area contributed by atoms with Gasteiger partial charge in [-0.1, -0.05) is 0 Å². The van der Waals surface area contributed by atoms with E-state index in [0.717, 1.165) is 66.1 Å². The van der Waals surface area contributed by atoms with Crippen molar-refractivity contribution in [3.05, 3.63) is 22.3 Å². The van der Waals surface area contributed by atoms with Crippen molar-refractivity contribution in [2.24, 2.45) is 0 Å². The lowest BCUT2D eigenvalue weighted by atomic mass is 9.96. The van der Waals surface area contributed by atoms with Crippen LogP contribution in [-0.4, -0.2) is 43.0 Å². The first-order valence-corrected chi connectivity index (χ1v) is 8.98. The lowest BCUT2D eigenvalue weighted by Crippen LogP contribution is -2.47. The Morgan fingerprint density at radius 3 is 2.17 bits per heavy atom. The summed E-state index contributed by atoms with van der Waals surface area (Å²) in [4.78, 5) is 14.7. The predicted molar refractivity (Wildman–Crippen MR) is 102 cm³/mol. The van der Waals surface area contributed by atoms with Crippen LogP contribution < -0.4 is 16.4 Å². The molecule has 1 amide bonds. The third kappa shape index (κ3) is 3.66. The summed E-state index contributed by atoms with van der Waals surface area (Å²) in [7, 11) is 0. The number of nitrogens with one attached hydrogen (secondary N) is 2. The third-order valence-corrected chi connectivity index (χ3v) is 5.51. The van der Waals surface area contributed by atoms with Crippen molar-refractivity contribution in [1.82, 2.24) is 10.2 Å². The molecule has 1 aliphatic heterocycles. The third-order valence-electron chi connectivity index (χ3n) is 5.51. The van der Waals surface area contributed by atoms with E-state index in [-0.39, 0.29) is 5.91 Å². The zero-order chi connectivity index (χ0) is 17.9. The Labute approximate surface area is 146 Å². The van der Waals surface area contributed by atoms with Crippen LogP contribution in [0.4, 0.5) is 11.4 Å². The molecule has 24 heavy (non-hydrogen) atoms. The second-order valence-electron chi connectivity index (χ2n) is 6.80. The summed E-state index contributed by atoms with van der Waals surface area (Å²) in [5.41, 5.74) is 12.5. The molecule has 4 N–H and O–H groups in total. The van der Waals surface area contributed by atoms with Crippen LogP contribution in [0.1, 0.15) is 42.0 Å². The Morgan fingerprint density at radius 1 is 1.12 bits per heavy atom. The van der Waals surface area contributed by atoms with Gasteiger partial charge < -0.3 is 21.3 Å². The highest BCUT2D eigenvalue weighted by atomic mass is 16.2. The topological polar surface area (TPSA) is 70.4 Å². The number of carbonyl (C=O) groups is 1. The summed E-state index contributed by atoms with van der Waals surface area (Å²) in [6, 6.07) is 0.364. The van der Waals surface area contributed by atoms with Crippen molar-refractivity contribution in [3.63, 3.8) is 0 Å². The zero-order valence-electron chi connectivity index (χ0n) is 15.8. The van der Waals surface area contributed by atoms with Crippen LogP contribution in [0.25, 0.3) is 0 Å². The fraction of sp³-hybridized carbons (Fsp3) is 0.632. The summed E-state index contributed by atoms with van der Waals surface area (Å²) >= 11 is 0. The normalized spacial score (nSPS) is 15.4. The van der Waals surface area contributed by atoms with Gasteiger partial charge in [0.1, 0.15) is 0 Å². The minimum atomic E-state index is 0.176. The van der Waals surface area contributed by atoms with E-state index in [9.17, 15) is 4.79 Å². The van der Waals surface area contributed by atoms with E-state index in [1.54, 1.807) is 0 Å². The number of likely N-dealkylation sites (N-methyl/N-ethyl adjacent to an activating group) is 1. The number of hydrogen-bond acceptors (Lipinski definition) is 4. The number of amides is 1. The molecular weight excluding hydrogens is 300 g/mol. The summed E-state index contributed by atoms with van der Waals surface area (Å²) in [6.45, 7) is 13.4.